The largest absolute Gasteiger partial charge is 0.480 e. The van der Waals surface area contributed by atoms with Crippen molar-refractivity contribution in [3.8, 4) is 0 Å². The van der Waals surface area contributed by atoms with Gasteiger partial charge in [-0.05, 0) is 34.8 Å². The Morgan fingerprint density at radius 1 is 1.53 bits per heavy atom. The molecule has 0 amide bonds. The molecule has 19 heavy (non-hydrogen) atoms. The molecule has 0 aromatic carbocycles. The van der Waals surface area contributed by atoms with E-state index in [1.54, 1.807) is 13.8 Å². The van der Waals surface area contributed by atoms with Gasteiger partial charge in [-0.15, -0.1) is 11.3 Å². The fourth-order valence-electron chi connectivity index (χ4n) is 1.51. The minimum Gasteiger partial charge on any atom is -0.480 e. The summed E-state index contributed by atoms with van der Waals surface area (Å²) in [5.74, 6) is -1.19. The smallest absolute Gasteiger partial charge is 0.324 e. The predicted molar refractivity (Wildman–Crippen MR) is 78.3 cm³/mol. The third-order valence-electron chi connectivity index (χ3n) is 2.83. The minimum atomic E-state index is -3.92. The first-order chi connectivity index (χ1) is 8.68. The summed E-state index contributed by atoms with van der Waals surface area (Å²) in [4.78, 5) is 11.3. The zero-order chi connectivity index (χ0) is 14.8. The first kappa shape index (κ1) is 16.9. The Morgan fingerprint density at radius 3 is 2.37 bits per heavy atom. The summed E-state index contributed by atoms with van der Waals surface area (Å²) in [6.45, 7) is 3.24. The van der Waals surface area contributed by atoms with Crippen molar-refractivity contribution in [3.05, 3.63) is 14.9 Å². The molecular weight excluding hydrogens is 378 g/mol. The average Bonchev–Trinajstić information content (AvgIpc) is 2.67. The van der Waals surface area contributed by atoms with Crippen molar-refractivity contribution >= 4 is 54.9 Å². The summed E-state index contributed by atoms with van der Waals surface area (Å²) in [5, 5.41) is 9.51. The molecule has 1 heterocycles. The van der Waals surface area contributed by atoms with Gasteiger partial charge < -0.3 is 5.11 Å². The molecule has 1 aromatic rings. The van der Waals surface area contributed by atoms with Crippen molar-refractivity contribution in [2.24, 2.45) is 0 Å². The molecule has 2 N–H and O–H groups in total. The first-order valence-electron chi connectivity index (χ1n) is 5.40. The second-order valence-electron chi connectivity index (χ2n) is 3.89. The molecule has 9 heteroatoms. The van der Waals surface area contributed by atoms with Crippen LogP contribution in [0.25, 0.3) is 0 Å². The van der Waals surface area contributed by atoms with Gasteiger partial charge in [0.2, 0.25) is 0 Å². The van der Waals surface area contributed by atoms with Gasteiger partial charge >= 0.3 is 5.97 Å². The molecule has 5 nitrogen and oxygen atoms in total. The van der Waals surface area contributed by atoms with E-state index in [0.29, 0.717) is 3.79 Å². The number of carboxylic acid groups (broad SMARTS) is 1. The van der Waals surface area contributed by atoms with Gasteiger partial charge in [0.25, 0.3) is 10.0 Å². The maximum absolute atomic E-state index is 12.2. The van der Waals surface area contributed by atoms with Crippen molar-refractivity contribution in [1.82, 2.24) is 4.72 Å². The third kappa shape index (κ3) is 3.49. The molecule has 0 spiro atoms. The van der Waals surface area contributed by atoms with Gasteiger partial charge in [0.1, 0.15) is 9.75 Å². The fourth-order valence-corrected chi connectivity index (χ4v) is 5.41. The van der Waals surface area contributed by atoms with Crippen molar-refractivity contribution < 1.29 is 18.3 Å². The summed E-state index contributed by atoms with van der Waals surface area (Å²) in [6, 6.07) is 1.29. The van der Waals surface area contributed by atoms with Crippen LogP contribution in [0.5, 0.6) is 0 Å². The maximum Gasteiger partial charge on any atom is 0.324 e. The molecule has 1 aromatic heterocycles. The topological polar surface area (TPSA) is 83.5 Å². The Morgan fingerprint density at radius 2 is 2.05 bits per heavy atom. The lowest BCUT2D eigenvalue weighted by Gasteiger charge is -2.27. The van der Waals surface area contributed by atoms with E-state index in [1.807, 2.05) is 0 Å². The highest BCUT2D eigenvalue weighted by molar-refractivity contribution is 9.11. The summed E-state index contributed by atoms with van der Waals surface area (Å²) in [6.07, 6.45) is 0.302. The van der Waals surface area contributed by atoms with Crippen molar-refractivity contribution in [3.63, 3.8) is 0 Å². The summed E-state index contributed by atoms with van der Waals surface area (Å²) in [7, 11) is -3.92. The number of nitrogens with one attached hydrogen (secondary N) is 1. The normalized spacial score (nSPS) is 12.6. The van der Waals surface area contributed by atoms with Crippen LogP contribution in [0.3, 0.4) is 0 Å². The Labute approximate surface area is 129 Å². The highest BCUT2D eigenvalue weighted by Gasteiger charge is 2.39. The van der Waals surface area contributed by atoms with Crippen LogP contribution in [0.2, 0.25) is 5.02 Å². The Balaban J connectivity index is 3.18. The van der Waals surface area contributed by atoms with Crippen molar-refractivity contribution in [2.45, 2.75) is 36.4 Å². The van der Waals surface area contributed by atoms with Crippen LogP contribution in [0.15, 0.2) is 14.1 Å². The number of carbonyl (C=O) groups is 1. The lowest BCUT2D eigenvalue weighted by molar-refractivity contribution is -0.144. The van der Waals surface area contributed by atoms with Gasteiger partial charge in [-0.1, -0.05) is 25.4 Å². The molecular formula is C10H13BrClNO4S2. The molecule has 0 unspecified atom stereocenters. The fraction of sp³-hybridized carbons (Fsp3) is 0.500. The van der Waals surface area contributed by atoms with Crippen LogP contribution < -0.4 is 4.72 Å². The number of carboxylic acids is 1. The molecule has 0 atom stereocenters. The molecule has 0 aliphatic rings. The van der Waals surface area contributed by atoms with E-state index in [0.717, 1.165) is 11.3 Å². The van der Waals surface area contributed by atoms with E-state index < -0.39 is 21.5 Å². The number of thiophene rings is 1. The lowest BCUT2D eigenvalue weighted by Crippen LogP contribution is -2.53. The van der Waals surface area contributed by atoms with Gasteiger partial charge in [0.05, 0.1) is 8.81 Å². The van der Waals surface area contributed by atoms with E-state index in [1.165, 1.54) is 6.07 Å². The van der Waals surface area contributed by atoms with Crippen LogP contribution in [0, 0.1) is 0 Å². The van der Waals surface area contributed by atoms with Crippen molar-refractivity contribution in [2.75, 3.05) is 0 Å². The number of aliphatic carboxylic acids is 1. The zero-order valence-corrected chi connectivity index (χ0v) is 14.2. The third-order valence-corrected chi connectivity index (χ3v) is 7.32. The van der Waals surface area contributed by atoms with E-state index >= 15 is 0 Å². The maximum atomic E-state index is 12.2. The Hall–Kier alpha value is -0.150. The summed E-state index contributed by atoms with van der Waals surface area (Å²) >= 11 is 9.86. The van der Waals surface area contributed by atoms with Gasteiger partial charge in [-0.3, -0.25) is 4.79 Å². The molecule has 108 valence electrons. The van der Waals surface area contributed by atoms with Crippen LogP contribution in [0.1, 0.15) is 26.7 Å². The molecule has 0 aliphatic heterocycles. The molecule has 0 bridgehead atoms. The van der Waals surface area contributed by atoms with E-state index in [2.05, 4.69) is 20.7 Å². The van der Waals surface area contributed by atoms with E-state index in [9.17, 15) is 18.3 Å². The lowest BCUT2D eigenvalue weighted by atomic mass is 9.95. The van der Waals surface area contributed by atoms with Crippen LogP contribution in [-0.2, 0) is 14.8 Å². The van der Waals surface area contributed by atoms with E-state index in [4.69, 9.17) is 11.6 Å². The molecule has 0 fully saturated rings. The molecule has 0 saturated heterocycles. The van der Waals surface area contributed by atoms with Crippen molar-refractivity contribution in [1.29, 1.82) is 0 Å². The standard InChI is InChI=1S/C10H13BrClNO4S2/c1-3-10(4-2,9(14)15)13-19(16,17)7-5-6(12)8(11)18-7/h5,13H,3-4H2,1-2H3,(H,14,15). The molecule has 0 aliphatic carbocycles. The highest BCUT2D eigenvalue weighted by atomic mass is 79.9. The molecule has 1 rings (SSSR count). The number of halogens is 2. The van der Waals surface area contributed by atoms with E-state index in [-0.39, 0.29) is 22.1 Å². The monoisotopic (exact) mass is 389 g/mol. The number of sulfonamides is 1. The Kier molecular flexibility index (Phi) is 5.42. The second kappa shape index (κ2) is 6.09. The van der Waals surface area contributed by atoms with Gasteiger partial charge in [0, 0.05) is 0 Å². The SMILES string of the molecule is CCC(CC)(NS(=O)(=O)c1cc(Cl)c(Br)s1)C(=O)O. The second-order valence-corrected chi connectivity index (χ2v) is 8.57. The van der Waals surface area contributed by atoms with Gasteiger partial charge in [-0.25, -0.2) is 8.42 Å². The molecule has 0 radical (unpaired) electrons. The zero-order valence-electron chi connectivity index (χ0n) is 10.2. The summed E-state index contributed by atoms with van der Waals surface area (Å²) in [5.41, 5.74) is -1.50. The summed E-state index contributed by atoms with van der Waals surface area (Å²) < 4.78 is 27.1. The minimum absolute atomic E-state index is 0.0168. The quantitative estimate of drug-likeness (QED) is 0.782. The number of hydrogen-bond donors (Lipinski definition) is 2. The van der Waals surface area contributed by atoms with Gasteiger partial charge in [-0.2, -0.15) is 4.72 Å². The number of hydrogen-bond acceptors (Lipinski definition) is 4. The first-order valence-corrected chi connectivity index (χ1v) is 8.87. The average molecular weight is 391 g/mol. The van der Waals surface area contributed by atoms with Crippen LogP contribution >= 0.6 is 38.9 Å². The predicted octanol–water partition coefficient (Wildman–Crippen LogP) is 3.09. The number of rotatable bonds is 6. The van der Waals surface area contributed by atoms with Gasteiger partial charge in [0.15, 0.2) is 0 Å². The van der Waals surface area contributed by atoms with Crippen LogP contribution in [0.4, 0.5) is 0 Å². The Bertz CT molecular complexity index is 561. The van der Waals surface area contributed by atoms with Crippen LogP contribution in [-0.4, -0.2) is 25.0 Å². The highest BCUT2D eigenvalue weighted by Crippen LogP contribution is 2.35. The molecule has 0 saturated carbocycles.